The van der Waals surface area contributed by atoms with Crippen molar-refractivity contribution < 1.29 is 14.3 Å². The van der Waals surface area contributed by atoms with E-state index in [9.17, 15) is 9.59 Å². The fourth-order valence-electron chi connectivity index (χ4n) is 3.52. The van der Waals surface area contributed by atoms with Gasteiger partial charge < -0.3 is 20.3 Å². The molecule has 4 aromatic rings. The van der Waals surface area contributed by atoms with E-state index in [2.05, 4.69) is 20.6 Å². The molecule has 34 heavy (non-hydrogen) atoms. The molecule has 2 aromatic carbocycles. The summed E-state index contributed by atoms with van der Waals surface area (Å²) < 4.78 is 7.21. The summed E-state index contributed by atoms with van der Waals surface area (Å²) in [6, 6.07) is 13.2. The minimum absolute atomic E-state index is 0.0480. The fourth-order valence-corrected chi connectivity index (χ4v) is 3.52. The number of nitrogens with zero attached hydrogens (tertiary/aromatic N) is 4. The highest BCUT2D eigenvalue weighted by Gasteiger charge is 2.14. The Balaban J connectivity index is 1.54. The number of carbonyl (C=O) groups excluding carboxylic acids is 2. The number of likely N-dealkylation sites (N-methyl/N-ethyl adjacent to an activating group) is 1. The average molecular weight is 459 g/mol. The molecule has 0 spiro atoms. The Morgan fingerprint density at radius 2 is 1.85 bits per heavy atom. The summed E-state index contributed by atoms with van der Waals surface area (Å²) in [5.41, 5.74) is 4.66. The van der Waals surface area contributed by atoms with Gasteiger partial charge in [-0.25, -0.2) is 9.97 Å². The Labute approximate surface area is 197 Å². The SMILES string of the molecule is COc1ccc(-c2cnc3c(Nc4ccc(C(=O)NCC(=O)N(C)C)c(C)c4)nccn23)cc1. The van der Waals surface area contributed by atoms with Crippen molar-refractivity contribution in [1.82, 2.24) is 24.6 Å². The minimum Gasteiger partial charge on any atom is -0.497 e. The van der Waals surface area contributed by atoms with Crippen LogP contribution in [0.3, 0.4) is 0 Å². The molecule has 9 heteroatoms. The van der Waals surface area contributed by atoms with E-state index in [1.54, 1.807) is 45.7 Å². The molecule has 0 unspecified atom stereocenters. The second-order valence-electron chi connectivity index (χ2n) is 7.97. The maximum Gasteiger partial charge on any atom is 0.251 e. The molecule has 2 N–H and O–H groups in total. The van der Waals surface area contributed by atoms with Gasteiger partial charge in [0.2, 0.25) is 5.91 Å². The van der Waals surface area contributed by atoms with Crippen LogP contribution >= 0.6 is 0 Å². The van der Waals surface area contributed by atoms with Crippen LogP contribution in [-0.4, -0.2) is 58.8 Å². The monoisotopic (exact) mass is 458 g/mol. The van der Waals surface area contributed by atoms with Crippen molar-refractivity contribution in [3.05, 3.63) is 72.2 Å². The third-order valence-electron chi connectivity index (χ3n) is 5.45. The van der Waals surface area contributed by atoms with E-state index < -0.39 is 0 Å². The van der Waals surface area contributed by atoms with Crippen LogP contribution in [0, 0.1) is 6.92 Å². The molecule has 9 nitrogen and oxygen atoms in total. The number of rotatable bonds is 7. The van der Waals surface area contributed by atoms with Crippen LogP contribution in [0.1, 0.15) is 15.9 Å². The summed E-state index contributed by atoms with van der Waals surface area (Å²) in [5, 5.41) is 5.95. The van der Waals surface area contributed by atoms with E-state index in [-0.39, 0.29) is 18.4 Å². The molecule has 4 rings (SSSR count). The molecule has 2 aromatic heterocycles. The maximum atomic E-state index is 12.5. The largest absolute Gasteiger partial charge is 0.497 e. The highest BCUT2D eigenvalue weighted by Crippen LogP contribution is 2.27. The first kappa shape index (κ1) is 22.8. The quantitative estimate of drug-likeness (QED) is 0.441. The van der Waals surface area contributed by atoms with Gasteiger partial charge in [0.05, 0.1) is 25.5 Å². The van der Waals surface area contributed by atoms with E-state index in [0.29, 0.717) is 17.0 Å². The van der Waals surface area contributed by atoms with Crippen LogP contribution in [0.4, 0.5) is 11.5 Å². The minimum atomic E-state index is -0.295. The summed E-state index contributed by atoms with van der Waals surface area (Å²) in [6.07, 6.45) is 5.37. The predicted octanol–water partition coefficient (Wildman–Crippen LogP) is 3.27. The molecular weight excluding hydrogens is 432 g/mol. The lowest BCUT2D eigenvalue weighted by Gasteiger charge is -2.13. The molecule has 0 saturated carbocycles. The molecule has 0 aliphatic rings. The average Bonchev–Trinajstić information content (AvgIpc) is 3.27. The van der Waals surface area contributed by atoms with Crippen LogP contribution < -0.4 is 15.4 Å². The van der Waals surface area contributed by atoms with Crippen molar-refractivity contribution in [3.63, 3.8) is 0 Å². The lowest BCUT2D eigenvalue weighted by molar-refractivity contribution is -0.127. The van der Waals surface area contributed by atoms with Gasteiger partial charge in [-0.05, 0) is 55.0 Å². The number of ether oxygens (including phenoxy) is 1. The van der Waals surface area contributed by atoms with Crippen molar-refractivity contribution in [1.29, 1.82) is 0 Å². The number of carbonyl (C=O) groups is 2. The first-order valence-electron chi connectivity index (χ1n) is 10.7. The second kappa shape index (κ2) is 9.62. The molecular formula is C25H26N6O3. The number of hydrogen-bond acceptors (Lipinski definition) is 6. The highest BCUT2D eigenvalue weighted by molar-refractivity contribution is 5.98. The molecule has 0 atom stereocenters. The van der Waals surface area contributed by atoms with Crippen LogP contribution in [0.15, 0.2) is 61.1 Å². The van der Waals surface area contributed by atoms with E-state index in [1.807, 2.05) is 47.9 Å². The van der Waals surface area contributed by atoms with Gasteiger partial charge in [0.15, 0.2) is 11.5 Å². The van der Waals surface area contributed by atoms with Crippen molar-refractivity contribution >= 4 is 29.0 Å². The summed E-state index contributed by atoms with van der Waals surface area (Å²) in [7, 11) is 4.93. The third-order valence-corrected chi connectivity index (χ3v) is 5.45. The number of aromatic nitrogens is 3. The van der Waals surface area contributed by atoms with E-state index >= 15 is 0 Å². The number of nitrogens with one attached hydrogen (secondary N) is 2. The third kappa shape index (κ3) is 4.68. The van der Waals surface area contributed by atoms with Crippen LogP contribution in [0.2, 0.25) is 0 Å². The summed E-state index contributed by atoms with van der Waals surface area (Å²) in [5.74, 6) is 0.919. The first-order chi connectivity index (χ1) is 16.4. The lowest BCUT2D eigenvalue weighted by Crippen LogP contribution is -2.36. The van der Waals surface area contributed by atoms with Crippen molar-refractivity contribution in [2.75, 3.05) is 33.1 Å². The summed E-state index contributed by atoms with van der Waals surface area (Å²) in [4.78, 5) is 34.7. The first-order valence-corrected chi connectivity index (χ1v) is 10.7. The zero-order chi connectivity index (χ0) is 24.2. The van der Waals surface area contributed by atoms with Crippen molar-refractivity contribution in [3.8, 4) is 17.0 Å². The molecule has 0 saturated heterocycles. The van der Waals surface area contributed by atoms with Crippen LogP contribution in [0.5, 0.6) is 5.75 Å². The molecule has 0 aliphatic heterocycles. The zero-order valence-electron chi connectivity index (χ0n) is 19.5. The fraction of sp³-hybridized carbons (Fsp3) is 0.200. The number of fused-ring (bicyclic) bond motifs is 1. The standard InChI is InChI=1S/C25H26N6O3/c1-16-13-18(7-10-20(16)25(33)28-15-22(32)30(2)3)29-23-24-27-14-21(31(24)12-11-26-23)17-5-8-19(34-4)9-6-17/h5-14H,15H2,1-4H3,(H,26,29)(H,28,33). The van der Waals surface area contributed by atoms with Crippen LogP contribution in [0.25, 0.3) is 16.9 Å². The molecule has 174 valence electrons. The molecule has 2 heterocycles. The Morgan fingerprint density at radius 3 is 2.53 bits per heavy atom. The number of amides is 2. The van der Waals surface area contributed by atoms with Gasteiger partial charge in [-0.2, -0.15) is 0 Å². The number of hydrogen-bond donors (Lipinski definition) is 2. The molecule has 0 bridgehead atoms. The molecule has 0 fully saturated rings. The summed E-state index contributed by atoms with van der Waals surface area (Å²) >= 11 is 0. The Bertz CT molecular complexity index is 1340. The van der Waals surface area contributed by atoms with Gasteiger partial charge >= 0.3 is 0 Å². The second-order valence-corrected chi connectivity index (χ2v) is 7.97. The Kier molecular flexibility index (Phi) is 6.44. The number of anilines is 2. The lowest BCUT2D eigenvalue weighted by atomic mass is 10.1. The van der Waals surface area contributed by atoms with Crippen LogP contribution in [-0.2, 0) is 4.79 Å². The van der Waals surface area contributed by atoms with Crippen molar-refractivity contribution in [2.45, 2.75) is 6.92 Å². The molecule has 0 aliphatic carbocycles. The Morgan fingerprint density at radius 1 is 1.09 bits per heavy atom. The number of methoxy groups -OCH3 is 1. The zero-order valence-corrected chi connectivity index (χ0v) is 19.5. The van der Waals surface area contributed by atoms with Gasteiger partial charge in [-0.1, -0.05) is 0 Å². The highest BCUT2D eigenvalue weighted by atomic mass is 16.5. The van der Waals surface area contributed by atoms with Gasteiger partial charge in [0.1, 0.15) is 5.75 Å². The number of aryl methyl sites for hydroxylation is 1. The molecule has 0 radical (unpaired) electrons. The topological polar surface area (TPSA) is 101 Å². The normalized spacial score (nSPS) is 10.7. The smallest absolute Gasteiger partial charge is 0.251 e. The van der Waals surface area contributed by atoms with Gasteiger partial charge in [-0.3, -0.25) is 14.0 Å². The van der Waals surface area contributed by atoms with E-state index in [1.165, 1.54) is 4.90 Å². The Hall–Kier alpha value is -4.40. The van der Waals surface area contributed by atoms with Gasteiger partial charge in [-0.15, -0.1) is 0 Å². The molecule has 2 amide bonds. The maximum absolute atomic E-state index is 12.5. The van der Waals surface area contributed by atoms with Gasteiger partial charge in [0.25, 0.3) is 5.91 Å². The van der Waals surface area contributed by atoms with Gasteiger partial charge in [0, 0.05) is 43.3 Å². The number of benzene rings is 2. The number of imidazole rings is 1. The van der Waals surface area contributed by atoms with E-state index in [0.717, 1.165) is 28.3 Å². The van der Waals surface area contributed by atoms with E-state index in [4.69, 9.17) is 4.74 Å². The predicted molar refractivity (Wildman–Crippen MR) is 130 cm³/mol. The summed E-state index contributed by atoms with van der Waals surface area (Å²) in [6.45, 7) is 1.80. The van der Waals surface area contributed by atoms with Crippen molar-refractivity contribution in [2.24, 2.45) is 0 Å².